The molecule has 0 aliphatic heterocycles. The van der Waals surface area contributed by atoms with Crippen molar-refractivity contribution in [3.05, 3.63) is 48.6 Å². The first-order valence-corrected chi connectivity index (χ1v) is 24.8. The molecule has 58 heavy (non-hydrogen) atoms. The van der Waals surface area contributed by atoms with Gasteiger partial charge in [0.15, 0.2) is 6.10 Å². The number of ether oxygens (including phenoxy) is 2. The maximum Gasteiger partial charge on any atom is 0.306 e. The highest BCUT2D eigenvalue weighted by molar-refractivity contribution is 7.45. The van der Waals surface area contributed by atoms with Crippen LogP contribution < -0.4 is 4.89 Å². The standard InChI is InChI=1S/C48H88NO8P/c1-6-8-10-12-14-16-18-20-22-24-26-28-30-32-34-36-38-40-47(50)54-44-46(45-56-58(52,53)55-43-42-49(3,4)5)57-48(51)41-39-37-35-33-31-29-27-25-23-21-19-17-15-13-11-9-7-2/h17,19-20,22,26,28,32,34,46H,6-16,18,21,23-25,27,29-31,33,35-45H2,1-5H3/b19-17+,22-20+,28-26+,34-32+/t46-/m1/s1. The van der Waals surface area contributed by atoms with E-state index in [1.54, 1.807) is 0 Å². The molecule has 10 heteroatoms. The third-order valence-electron chi connectivity index (χ3n) is 9.82. The Labute approximate surface area is 356 Å². The number of likely N-dealkylation sites (N-methyl/N-ethyl adjacent to an activating group) is 1. The van der Waals surface area contributed by atoms with E-state index in [0.29, 0.717) is 23.9 Å². The van der Waals surface area contributed by atoms with Crippen molar-refractivity contribution in [2.24, 2.45) is 0 Å². The Balaban J connectivity index is 4.40. The van der Waals surface area contributed by atoms with Gasteiger partial charge in [-0.05, 0) is 70.6 Å². The van der Waals surface area contributed by atoms with Gasteiger partial charge in [-0.15, -0.1) is 0 Å². The highest BCUT2D eigenvalue weighted by Crippen LogP contribution is 2.38. The van der Waals surface area contributed by atoms with Crippen LogP contribution in [0.2, 0.25) is 0 Å². The third kappa shape index (κ3) is 43.5. The molecule has 0 rings (SSSR count). The molecule has 338 valence electrons. The van der Waals surface area contributed by atoms with Crippen LogP contribution in [0.15, 0.2) is 48.6 Å². The lowest BCUT2D eigenvalue weighted by molar-refractivity contribution is -0.870. The summed E-state index contributed by atoms with van der Waals surface area (Å²) < 4.78 is 33.9. The van der Waals surface area contributed by atoms with E-state index in [2.05, 4.69) is 62.5 Å². The van der Waals surface area contributed by atoms with E-state index in [1.165, 1.54) is 109 Å². The molecule has 0 bridgehead atoms. The summed E-state index contributed by atoms with van der Waals surface area (Å²) in [7, 11) is 1.14. The van der Waals surface area contributed by atoms with Crippen LogP contribution in [0.25, 0.3) is 0 Å². The van der Waals surface area contributed by atoms with Gasteiger partial charge in [-0.2, -0.15) is 0 Å². The van der Waals surface area contributed by atoms with E-state index < -0.39 is 32.5 Å². The summed E-state index contributed by atoms with van der Waals surface area (Å²) in [5.74, 6) is -0.897. The molecule has 0 fully saturated rings. The lowest BCUT2D eigenvalue weighted by Gasteiger charge is -2.28. The van der Waals surface area contributed by atoms with Gasteiger partial charge >= 0.3 is 11.9 Å². The molecule has 0 saturated heterocycles. The topological polar surface area (TPSA) is 111 Å². The van der Waals surface area contributed by atoms with Crippen molar-refractivity contribution in [1.29, 1.82) is 0 Å². The Hall–Kier alpha value is -2.03. The number of phosphoric ester groups is 1. The Morgan fingerprint density at radius 3 is 1.47 bits per heavy atom. The lowest BCUT2D eigenvalue weighted by atomic mass is 10.1. The van der Waals surface area contributed by atoms with Crippen molar-refractivity contribution >= 4 is 19.8 Å². The SMILES string of the molecule is CCCCCC/C=C/CCCCCCCCCCCC(=O)O[C@H](COC(=O)CCC/C=C/C/C=C/C/C=C/CCCCCCCC)COP(=O)([O-])OCC[N+](C)(C)C. The number of rotatable bonds is 42. The minimum absolute atomic E-state index is 0.0396. The Kier molecular flexibility index (Phi) is 39.0. The highest BCUT2D eigenvalue weighted by Gasteiger charge is 2.21. The van der Waals surface area contributed by atoms with Crippen molar-refractivity contribution < 1.29 is 42.1 Å². The van der Waals surface area contributed by atoms with Gasteiger partial charge in [-0.25, -0.2) is 0 Å². The predicted octanol–water partition coefficient (Wildman–Crippen LogP) is 12.8. The van der Waals surface area contributed by atoms with E-state index in [9.17, 15) is 19.0 Å². The first-order valence-electron chi connectivity index (χ1n) is 23.3. The van der Waals surface area contributed by atoms with Crippen LogP contribution in [0.5, 0.6) is 0 Å². The van der Waals surface area contributed by atoms with Crippen molar-refractivity contribution in [2.45, 2.75) is 200 Å². The zero-order valence-electron chi connectivity index (χ0n) is 38.0. The lowest BCUT2D eigenvalue weighted by Crippen LogP contribution is -2.37. The van der Waals surface area contributed by atoms with Crippen LogP contribution >= 0.6 is 7.82 Å². The number of carbonyl (C=O) groups excluding carboxylic acids is 2. The summed E-state index contributed by atoms with van der Waals surface area (Å²) in [6.07, 6.45) is 47.1. The molecule has 9 nitrogen and oxygen atoms in total. The molecule has 0 heterocycles. The van der Waals surface area contributed by atoms with E-state index in [0.717, 1.165) is 44.9 Å². The van der Waals surface area contributed by atoms with Crippen LogP contribution in [0.4, 0.5) is 0 Å². The van der Waals surface area contributed by atoms with Crippen LogP contribution in [0.1, 0.15) is 194 Å². The van der Waals surface area contributed by atoms with Gasteiger partial charge in [0.2, 0.25) is 0 Å². The molecule has 1 unspecified atom stereocenters. The normalized spacial score (nSPS) is 14.0. The van der Waals surface area contributed by atoms with Crippen LogP contribution in [-0.4, -0.2) is 70.0 Å². The number of esters is 2. The van der Waals surface area contributed by atoms with E-state index in [1.807, 2.05) is 21.1 Å². The third-order valence-corrected chi connectivity index (χ3v) is 10.8. The molecule has 0 saturated carbocycles. The summed E-state index contributed by atoms with van der Waals surface area (Å²) in [5.41, 5.74) is 0. The Bertz CT molecular complexity index is 1130. The van der Waals surface area contributed by atoms with Crippen molar-refractivity contribution in [2.75, 3.05) is 47.5 Å². The van der Waals surface area contributed by atoms with Crippen molar-refractivity contribution in [1.82, 2.24) is 0 Å². The van der Waals surface area contributed by atoms with E-state index in [-0.39, 0.29) is 26.1 Å². The molecule has 0 aromatic carbocycles. The first-order chi connectivity index (χ1) is 28.0. The summed E-state index contributed by atoms with van der Waals surface area (Å²) in [6.45, 7) is 4.15. The van der Waals surface area contributed by atoms with Crippen LogP contribution in [0, 0.1) is 0 Å². The summed E-state index contributed by atoms with van der Waals surface area (Å²) in [4.78, 5) is 37.6. The van der Waals surface area contributed by atoms with E-state index >= 15 is 0 Å². The largest absolute Gasteiger partial charge is 0.756 e. The molecular formula is C48H88NO8P. The molecule has 0 aromatic rings. The molecule has 0 aliphatic rings. The molecule has 0 aromatic heterocycles. The number of phosphoric acid groups is 1. The molecule has 0 amide bonds. The number of carbonyl (C=O) groups is 2. The van der Waals surface area contributed by atoms with Crippen molar-refractivity contribution in [3.63, 3.8) is 0 Å². The fourth-order valence-corrected chi connectivity index (χ4v) is 6.86. The molecule has 2 atom stereocenters. The molecule has 0 radical (unpaired) electrons. The molecular weight excluding hydrogens is 750 g/mol. The second kappa shape index (κ2) is 40.4. The number of allylic oxidation sites excluding steroid dienone is 8. The van der Waals surface area contributed by atoms with Crippen molar-refractivity contribution in [3.8, 4) is 0 Å². The second-order valence-electron chi connectivity index (χ2n) is 16.8. The van der Waals surface area contributed by atoms with Crippen LogP contribution in [-0.2, 0) is 32.7 Å². The van der Waals surface area contributed by atoms with Gasteiger partial charge < -0.3 is 27.9 Å². The van der Waals surface area contributed by atoms with Crippen LogP contribution in [0.3, 0.4) is 0 Å². The van der Waals surface area contributed by atoms with E-state index in [4.69, 9.17) is 18.5 Å². The van der Waals surface area contributed by atoms with Gasteiger partial charge in [0.1, 0.15) is 19.8 Å². The maximum atomic E-state index is 12.7. The smallest absolute Gasteiger partial charge is 0.306 e. The fraction of sp³-hybridized carbons (Fsp3) is 0.792. The second-order valence-corrected chi connectivity index (χ2v) is 18.2. The molecule has 0 spiro atoms. The summed E-state index contributed by atoms with van der Waals surface area (Å²) in [6, 6.07) is 0. The summed E-state index contributed by atoms with van der Waals surface area (Å²) >= 11 is 0. The van der Waals surface area contributed by atoms with Gasteiger partial charge in [-0.1, -0.05) is 159 Å². The van der Waals surface area contributed by atoms with Gasteiger partial charge in [0.05, 0.1) is 27.7 Å². The minimum Gasteiger partial charge on any atom is -0.756 e. The Morgan fingerprint density at radius 2 is 0.948 bits per heavy atom. The zero-order chi connectivity index (χ0) is 42.8. The fourth-order valence-electron chi connectivity index (χ4n) is 6.14. The number of hydrogen-bond donors (Lipinski definition) is 0. The highest BCUT2D eigenvalue weighted by atomic mass is 31.2. The predicted molar refractivity (Wildman–Crippen MR) is 240 cm³/mol. The minimum atomic E-state index is -4.64. The average Bonchev–Trinajstić information content (AvgIpc) is 3.17. The van der Waals surface area contributed by atoms with Gasteiger partial charge in [0, 0.05) is 12.8 Å². The van der Waals surface area contributed by atoms with Gasteiger partial charge in [-0.3, -0.25) is 14.2 Å². The molecule has 0 aliphatic carbocycles. The average molecular weight is 838 g/mol. The Morgan fingerprint density at radius 1 is 0.534 bits per heavy atom. The zero-order valence-corrected chi connectivity index (χ0v) is 38.9. The monoisotopic (exact) mass is 838 g/mol. The maximum absolute atomic E-state index is 12.7. The van der Waals surface area contributed by atoms with Gasteiger partial charge in [0.25, 0.3) is 7.82 Å². The number of hydrogen-bond acceptors (Lipinski definition) is 8. The quantitative estimate of drug-likeness (QED) is 0.0196. The number of nitrogens with zero attached hydrogens (tertiary/aromatic N) is 1. The molecule has 0 N–H and O–H groups in total. The summed E-state index contributed by atoms with van der Waals surface area (Å²) in [5, 5.41) is 0. The number of unbranched alkanes of at least 4 members (excludes halogenated alkanes) is 20. The first kappa shape index (κ1) is 56.0. The number of quaternary nitrogens is 1.